The minimum absolute atomic E-state index is 0.0260. The van der Waals surface area contributed by atoms with E-state index in [4.69, 9.17) is 4.74 Å². The van der Waals surface area contributed by atoms with E-state index in [0.717, 1.165) is 11.3 Å². The molecule has 4 amide bonds. The highest BCUT2D eigenvalue weighted by Crippen LogP contribution is 2.34. The van der Waals surface area contributed by atoms with E-state index in [1.807, 2.05) is 24.3 Å². The summed E-state index contributed by atoms with van der Waals surface area (Å²) in [6.45, 7) is 4.38. The molecule has 1 N–H and O–H groups in total. The van der Waals surface area contributed by atoms with E-state index in [-0.39, 0.29) is 17.8 Å². The molecular formula is C20H28N4O4. The predicted molar refractivity (Wildman–Crippen MR) is 104 cm³/mol. The number of carbonyl (C=O) groups excluding carboxylic acids is 3. The van der Waals surface area contributed by atoms with Crippen LogP contribution in [-0.4, -0.2) is 79.4 Å². The second kappa shape index (κ2) is 8.08. The summed E-state index contributed by atoms with van der Waals surface area (Å²) in [4.78, 5) is 42.2. The molecule has 0 aliphatic carbocycles. The number of rotatable bonds is 3. The Morgan fingerprint density at radius 1 is 1.11 bits per heavy atom. The zero-order valence-corrected chi connectivity index (χ0v) is 16.7. The number of carbonyl (C=O) groups is 3. The van der Waals surface area contributed by atoms with Gasteiger partial charge in [-0.2, -0.15) is 0 Å². The number of nitrogens with zero attached hydrogens (tertiary/aromatic N) is 3. The van der Waals surface area contributed by atoms with E-state index in [2.05, 4.69) is 5.32 Å². The SMILES string of the molecule is COc1ccc(CNC(=O)N2CCN(C(C)=O)CC3(CC(=O)N(C)C3)C2)cc1. The lowest BCUT2D eigenvalue weighted by atomic mass is 9.86. The van der Waals surface area contributed by atoms with Gasteiger partial charge in [-0.3, -0.25) is 9.59 Å². The molecule has 2 fully saturated rings. The Bertz CT molecular complexity index is 751. The van der Waals surface area contributed by atoms with Gasteiger partial charge in [0.15, 0.2) is 0 Å². The Morgan fingerprint density at radius 2 is 1.75 bits per heavy atom. The molecule has 1 atom stereocenters. The monoisotopic (exact) mass is 388 g/mol. The second-order valence-corrected chi connectivity index (χ2v) is 7.80. The highest BCUT2D eigenvalue weighted by Gasteiger charge is 2.46. The molecule has 8 heteroatoms. The van der Waals surface area contributed by atoms with Crippen LogP contribution in [0.15, 0.2) is 24.3 Å². The van der Waals surface area contributed by atoms with Crippen LogP contribution in [0.2, 0.25) is 0 Å². The highest BCUT2D eigenvalue weighted by molar-refractivity contribution is 5.80. The molecule has 1 aromatic carbocycles. The Hall–Kier alpha value is -2.77. The Kier molecular flexibility index (Phi) is 5.76. The average molecular weight is 388 g/mol. The fraction of sp³-hybridized carbons (Fsp3) is 0.550. The molecule has 2 heterocycles. The summed E-state index contributed by atoms with van der Waals surface area (Å²) in [5.41, 5.74) is 0.561. The van der Waals surface area contributed by atoms with Crippen molar-refractivity contribution in [3.05, 3.63) is 29.8 Å². The summed E-state index contributed by atoms with van der Waals surface area (Å²) in [7, 11) is 3.38. The Balaban J connectivity index is 1.68. The third-order valence-electron chi connectivity index (χ3n) is 5.55. The highest BCUT2D eigenvalue weighted by atomic mass is 16.5. The topological polar surface area (TPSA) is 82.2 Å². The van der Waals surface area contributed by atoms with Gasteiger partial charge in [-0.05, 0) is 17.7 Å². The van der Waals surface area contributed by atoms with Crippen LogP contribution in [0.25, 0.3) is 0 Å². The number of benzene rings is 1. The van der Waals surface area contributed by atoms with Gasteiger partial charge in [0.25, 0.3) is 0 Å². The van der Waals surface area contributed by atoms with Crippen LogP contribution in [0, 0.1) is 5.41 Å². The summed E-state index contributed by atoms with van der Waals surface area (Å²) in [6, 6.07) is 7.35. The van der Waals surface area contributed by atoms with Crippen LogP contribution in [0.5, 0.6) is 5.75 Å². The van der Waals surface area contributed by atoms with Crippen molar-refractivity contribution in [1.29, 1.82) is 0 Å². The van der Waals surface area contributed by atoms with Crippen molar-refractivity contribution in [3.8, 4) is 5.75 Å². The second-order valence-electron chi connectivity index (χ2n) is 7.80. The van der Waals surface area contributed by atoms with Crippen LogP contribution in [-0.2, 0) is 16.1 Å². The maximum absolute atomic E-state index is 12.8. The van der Waals surface area contributed by atoms with Crippen LogP contribution < -0.4 is 10.1 Å². The number of nitrogens with one attached hydrogen (secondary N) is 1. The molecule has 1 aromatic rings. The van der Waals surface area contributed by atoms with E-state index in [1.165, 1.54) is 6.92 Å². The first-order chi connectivity index (χ1) is 13.3. The molecule has 8 nitrogen and oxygen atoms in total. The molecule has 1 spiro atoms. The summed E-state index contributed by atoms with van der Waals surface area (Å²) in [6.07, 6.45) is 0.357. The van der Waals surface area contributed by atoms with Crippen molar-refractivity contribution in [3.63, 3.8) is 0 Å². The minimum Gasteiger partial charge on any atom is -0.497 e. The Morgan fingerprint density at radius 3 is 2.32 bits per heavy atom. The van der Waals surface area contributed by atoms with Gasteiger partial charge in [0.1, 0.15) is 5.75 Å². The molecular weight excluding hydrogens is 360 g/mol. The molecule has 0 radical (unpaired) electrons. The molecule has 0 bridgehead atoms. The fourth-order valence-corrected chi connectivity index (χ4v) is 4.05. The van der Waals surface area contributed by atoms with Crippen molar-refractivity contribution in [2.24, 2.45) is 5.41 Å². The molecule has 152 valence electrons. The molecule has 3 rings (SSSR count). The lowest BCUT2D eigenvalue weighted by molar-refractivity contribution is -0.130. The third-order valence-corrected chi connectivity index (χ3v) is 5.55. The minimum atomic E-state index is -0.411. The number of likely N-dealkylation sites (tertiary alicyclic amines) is 1. The van der Waals surface area contributed by atoms with Gasteiger partial charge in [-0.15, -0.1) is 0 Å². The normalized spacial score (nSPS) is 22.4. The van der Waals surface area contributed by atoms with E-state index < -0.39 is 5.41 Å². The standard InChI is InChI=1S/C20H28N4O4/c1-15(25)23-8-9-24(14-20(13-23)10-18(26)22(2)12-20)19(27)21-11-16-4-6-17(28-3)7-5-16/h4-7H,8-14H2,1-3H3,(H,21,27). The summed E-state index contributed by atoms with van der Waals surface area (Å²) < 4.78 is 5.14. The van der Waals surface area contributed by atoms with Crippen molar-refractivity contribution in [2.75, 3.05) is 46.9 Å². The summed E-state index contributed by atoms with van der Waals surface area (Å²) in [5.74, 6) is 0.801. The Labute approximate surface area is 165 Å². The number of hydrogen-bond donors (Lipinski definition) is 1. The van der Waals surface area contributed by atoms with E-state index in [0.29, 0.717) is 45.7 Å². The summed E-state index contributed by atoms with van der Waals surface area (Å²) in [5, 5.41) is 2.95. The fourth-order valence-electron chi connectivity index (χ4n) is 4.05. The van der Waals surface area contributed by atoms with E-state index >= 15 is 0 Å². The molecule has 0 saturated carbocycles. The van der Waals surface area contributed by atoms with Crippen molar-refractivity contribution in [1.82, 2.24) is 20.0 Å². The van der Waals surface area contributed by atoms with Crippen LogP contribution in [0.4, 0.5) is 4.79 Å². The van der Waals surface area contributed by atoms with Gasteiger partial charge >= 0.3 is 6.03 Å². The quantitative estimate of drug-likeness (QED) is 0.835. The average Bonchev–Trinajstić information content (AvgIpc) is 2.83. The maximum atomic E-state index is 12.8. The first kappa shape index (κ1) is 20.0. The number of amides is 4. The molecule has 28 heavy (non-hydrogen) atoms. The number of ether oxygens (including phenoxy) is 1. The van der Waals surface area contributed by atoms with Gasteiger partial charge < -0.3 is 24.8 Å². The zero-order chi connectivity index (χ0) is 20.3. The molecule has 0 aromatic heterocycles. The van der Waals surface area contributed by atoms with Crippen LogP contribution in [0.3, 0.4) is 0 Å². The maximum Gasteiger partial charge on any atom is 0.317 e. The van der Waals surface area contributed by atoms with Crippen molar-refractivity contribution >= 4 is 17.8 Å². The van der Waals surface area contributed by atoms with Gasteiger partial charge in [0.2, 0.25) is 11.8 Å². The first-order valence-corrected chi connectivity index (χ1v) is 9.47. The van der Waals surface area contributed by atoms with Crippen molar-refractivity contribution in [2.45, 2.75) is 19.9 Å². The van der Waals surface area contributed by atoms with Gasteiger partial charge in [0, 0.05) is 65.1 Å². The third kappa shape index (κ3) is 4.37. The number of methoxy groups -OCH3 is 1. The van der Waals surface area contributed by atoms with E-state index in [9.17, 15) is 14.4 Å². The number of urea groups is 1. The van der Waals surface area contributed by atoms with Gasteiger partial charge in [-0.1, -0.05) is 12.1 Å². The van der Waals surface area contributed by atoms with Crippen LogP contribution in [0.1, 0.15) is 18.9 Å². The van der Waals surface area contributed by atoms with Crippen LogP contribution >= 0.6 is 0 Å². The van der Waals surface area contributed by atoms with E-state index in [1.54, 1.807) is 28.9 Å². The molecule has 2 aliphatic heterocycles. The lowest BCUT2D eigenvalue weighted by Gasteiger charge is -2.33. The predicted octanol–water partition coefficient (Wildman–Crippen LogP) is 0.917. The zero-order valence-electron chi connectivity index (χ0n) is 16.7. The summed E-state index contributed by atoms with van der Waals surface area (Å²) >= 11 is 0. The van der Waals surface area contributed by atoms with Gasteiger partial charge in [-0.25, -0.2) is 4.79 Å². The largest absolute Gasteiger partial charge is 0.497 e. The number of hydrogen-bond acceptors (Lipinski definition) is 4. The molecule has 2 saturated heterocycles. The smallest absolute Gasteiger partial charge is 0.317 e. The van der Waals surface area contributed by atoms with Gasteiger partial charge in [0.05, 0.1) is 7.11 Å². The van der Waals surface area contributed by atoms with Crippen molar-refractivity contribution < 1.29 is 19.1 Å². The first-order valence-electron chi connectivity index (χ1n) is 9.47. The molecule has 1 unspecified atom stereocenters. The molecule has 2 aliphatic rings. The lowest BCUT2D eigenvalue weighted by Crippen LogP contribution is -2.47.